The van der Waals surface area contributed by atoms with Gasteiger partial charge in [0.2, 0.25) is 15.9 Å². The molecule has 3 rings (SSSR count). The van der Waals surface area contributed by atoms with Gasteiger partial charge >= 0.3 is 0 Å². The summed E-state index contributed by atoms with van der Waals surface area (Å²) in [6.07, 6.45) is 3.05. The van der Waals surface area contributed by atoms with Gasteiger partial charge in [0.1, 0.15) is 0 Å². The minimum absolute atomic E-state index is 0.0471. The quantitative estimate of drug-likeness (QED) is 0.768. The lowest BCUT2D eigenvalue weighted by Crippen LogP contribution is -2.29. The van der Waals surface area contributed by atoms with E-state index in [0.717, 1.165) is 49.6 Å². The molecule has 7 nitrogen and oxygen atoms in total. The van der Waals surface area contributed by atoms with Crippen LogP contribution in [0, 0.1) is 0 Å². The molecule has 9 heteroatoms. The largest absolute Gasteiger partial charge is 0.342 e. The zero-order valence-corrected chi connectivity index (χ0v) is 15.8. The SMILES string of the molecule is CCCn1c(SCC(=O)N2CCCC2)nc2cc(S(N)(=O)=O)ccc21. The number of imidazole rings is 1. The number of aromatic nitrogens is 2. The molecule has 0 unspecified atom stereocenters. The number of thioether (sulfide) groups is 1. The van der Waals surface area contributed by atoms with Crippen LogP contribution in [-0.2, 0) is 21.4 Å². The highest BCUT2D eigenvalue weighted by Gasteiger charge is 2.20. The number of nitrogens with two attached hydrogens (primary N) is 1. The van der Waals surface area contributed by atoms with Crippen LogP contribution in [-0.4, -0.2) is 47.6 Å². The third-order valence-electron chi connectivity index (χ3n) is 4.24. The fourth-order valence-electron chi connectivity index (χ4n) is 3.00. The first-order valence-corrected chi connectivity index (χ1v) is 10.9. The van der Waals surface area contributed by atoms with Gasteiger partial charge in [-0.1, -0.05) is 18.7 Å². The van der Waals surface area contributed by atoms with Crippen molar-refractivity contribution in [1.29, 1.82) is 0 Å². The topological polar surface area (TPSA) is 98.3 Å². The van der Waals surface area contributed by atoms with Gasteiger partial charge in [-0.2, -0.15) is 0 Å². The van der Waals surface area contributed by atoms with E-state index in [4.69, 9.17) is 5.14 Å². The number of aryl methyl sites for hydroxylation is 1. The molecular weight excluding hydrogens is 360 g/mol. The minimum atomic E-state index is -3.76. The molecular formula is C16H22N4O3S2. The summed E-state index contributed by atoms with van der Waals surface area (Å²) in [5.41, 5.74) is 1.43. The lowest BCUT2D eigenvalue weighted by Gasteiger charge is -2.14. The second-order valence-corrected chi connectivity index (χ2v) is 8.62. The molecule has 2 heterocycles. The first kappa shape index (κ1) is 18.2. The van der Waals surface area contributed by atoms with Crippen molar-refractivity contribution in [3.8, 4) is 0 Å². The van der Waals surface area contributed by atoms with Crippen molar-refractivity contribution in [2.24, 2.45) is 5.14 Å². The summed E-state index contributed by atoms with van der Waals surface area (Å²) in [6.45, 7) is 4.49. The summed E-state index contributed by atoms with van der Waals surface area (Å²) >= 11 is 1.40. The highest BCUT2D eigenvalue weighted by atomic mass is 32.2. The maximum atomic E-state index is 12.3. The Bertz CT molecular complexity index is 886. The van der Waals surface area contributed by atoms with E-state index in [1.54, 1.807) is 6.07 Å². The second kappa shape index (κ2) is 7.35. The summed E-state index contributed by atoms with van der Waals surface area (Å²) in [7, 11) is -3.76. The summed E-state index contributed by atoms with van der Waals surface area (Å²) in [6, 6.07) is 4.71. The normalized spacial score (nSPS) is 15.2. The maximum Gasteiger partial charge on any atom is 0.238 e. The van der Waals surface area contributed by atoms with Crippen LogP contribution in [0.1, 0.15) is 26.2 Å². The number of nitrogens with zero attached hydrogens (tertiary/aromatic N) is 3. The molecule has 0 spiro atoms. The van der Waals surface area contributed by atoms with Crippen molar-refractivity contribution < 1.29 is 13.2 Å². The van der Waals surface area contributed by atoms with E-state index in [9.17, 15) is 13.2 Å². The van der Waals surface area contributed by atoms with Crippen LogP contribution in [0.25, 0.3) is 11.0 Å². The minimum Gasteiger partial charge on any atom is -0.342 e. The van der Waals surface area contributed by atoms with E-state index >= 15 is 0 Å². The number of amides is 1. The Morgan fingerprint density at radius 2 is 2.04 bits per heavy atom. The average Bonchev–Trinajstić information content (AvgIpc) is 3.20. The number of hydrogen-bond acceptors (Lipinski definition) is 5. The van der Waals surface area contributed by atoms with Crippen LogP contribution in [0.2, 0.25) is 0 Å². The van der Waals surface area contributed by atoms with Gasteiger partial charge in [-0.25, -0.2) is 18.5 Å². The molecule has 0 radical (unpaired) electrons. The molecule has 1 aliphatic heterocycles. The van der Waals surface area contributed by atoms with Gasteiger partial charge in [0, 0.05) is 19.6 Å². The van der Waals surface area contributed by atoms with E-state index < -0.39 is 10.0 Å². The summed E-state index contributed by atoms with van der Waals surface area (Å²) in [5, 5.41) is 5.93. The number of fused-ring (bicyclic) bond motifs is 1. The molecule has 0 saturated carbocycles. The molecule has 136 valence electrons. The van der Waals surface area contributed by atoms with Crippen molar-refractivity contribution in [1.82, 2.24) is 14.5 Å². The Kier molecular flexibility index (Phi) is 5.35. The summed E-state index contributed by atoms with van der Waals surface area (Å²) < 4.78 is 25.1. The molecule has 1 aromatic carbocycles. The molecule has 2 N–H and O–H groups in total. The van der Waals surface area contributed by atoms with E-state index in [0.29, 0.717) is 11.3 Å². The Hall–Kier alpha value is -1.58. The van der Waals surface area contributed by atoms with Crippen LogP contribution in [0.15, 0.2) is 28.3 Å². The summed E-state index contributed by atoms with van der Waals surface area (Å²) in [5.74, 6) is 0.470. The van der Waals surface area contributed by atoms with Crippen LogP contribution in [0.5, 0.6) is 0 Å². The van der Waals surface area contributed by atoms with Gasteiger partial charge in [0.15, 0.2) is 5.16 Å². The average molecular weight is 383 g/mol. The molecule has 1 amide bonds. The van der Waals surface area contributed by atoms with Crippen LogP contribution < -0.4 is 5.14 Å². The molecule has 0 atom stereocenters. The van der Waals surface area contributed by atoms with Crippen molar-refractivity contribution in [2.45, 2.75) is 42.8 Å². The van der Waals surface area contributed by atoms with Crippen LogP contribution in [0.3, 0.4) is 0 Å². The number of carbonyl (C=O) groups is 1. The number of benzene rings is 1. The highest BCUT2D eigenvalue weighted by molar-refractivity contribution is 7.99. The van der Waals surface area contributed by atoms with Crippen molar-refractivity contribution in [3.63, 3.8) is 0 Å². The number of hydrogen-bond donors (Lipinski definition) is 1. The zero-order chi connectivity index (χ0) is 18.0. The maximum absolute atomic E-state index is 12.3. The van der Waals surface area contributed by atoms with Crippen LogP contribution in [0.4, 0.5) is 0 Å². The number of primary sulfonamides is 1. The fourth-order valence-corrected chi connectivity index (χ4v) is 4.48. The monoisotopic (exact) mass is 382 g/mol. The van der Waals surface area contributed by atoms with Crippen molar-refractivity contribution in [2.75, 3.05) is 18.8 Å². The van der Waals surface area contributed by atoms with Gasteiger partial charge in [-0.05, 0) is 37.5 Å². The number of likely N-dealkylation sites (tertiary alicyclic amines) is 1. The van der Waals surface area contributed by atoms with Crippen molar-refractivity contribution >= 4 is 38.7 Å². The Morgan fingerprint density at radius 1 is 1.32 bits per heavy atom. The van der Waals surface area contributed by atoms with Crippen molar-refractivity contribution in [3.05, 3.63) is 18.2 Å². The Balaban J connectivity index is 1.87. The van der Waals surface area contributed by atoms with Gasteiger partial charge in [0.25, 0.3) is 0 Å². The molecule has 1 saturated heterocycles. The van der Waals surface area contributed by atoms with E-state index in [-0.39, 0.29) is 10.8 Å². The van der Waals surface area contributed by atoms with Gasteiger partial charge in [-0.15, -0.1) is 0 Å². The summed E-state index contributed by atoms with van der Waals surface area (Å²) in [4.78, 5) is 18.7. The third kappa shape index (κ3) is 3.99. The standard InChI is InChI=1S/C16H22N4O3S2/c1-2-7-20-14-6-5-12(25(17,22)23)10-13(14)18-16(20)24-11-15(21)19-8-3-4-9-19/h5-6,10H,2-4,7-9,11H2,1H3,(H2,17,22,23). The molecule has 1 fully saturated rings. The third-order valence-corrected chi connectivity index (χ3v) is 6.12. The fraction of sp³-hybridized carbons (Fsp3) is 0.500. The first-order chi connectivity index (χ1) is 11.9. The number of sulfonamides is 1. The molecule has 2 aromatic rings. The predicted molar refractivity (Wildman–Crippen MR) is 97.9 cm³/mol. The number of carbonyl (C=O) groups excluding carboxylic acids is 1. The Morgan fingerprint density at radius 3 is 2.68 bits per heavy atom. The first-order valence-electron chi connectivity index (χ1n) is 8.34. The number of rotatable bonds is 6. The zero-order valence-electron chi connectivity index (χ0n) is 14.1. The highest BCUT2D eigenvalue weighted by Crippen LogP contribution is 2.27. The second-order valence-electron chi connectivity index (χ2n) is 6.12. The molecule has 1 aliphatic rings. The van der Waals surface area contributed by atoms with Gasteiger partial charge in [0.05, 0.1) is 21.7 Å². The molecule has 0 bridgehead atoms. The van der Waals surface area contributed by atoms with Crippen LogP contribution >= 0.6 is 11.8 Å². The molecule has 0 aliphatic carbocycles. The molecule has 25 heavy (non-hydrogen) atoms. The lowest BCUT2D eigenvalue weighted by molar-refractivity contribution is -0.127. The van der Waals surface area contributed by atoms with E-state index in [1.807, 2.05) is 9.47 Å². The van der Waals surface area contributed by atoms with E-state index in [2.05, 4.69) is 11.9 Å². The van der Waals surface area contributed by atoms with Gasteiger partial charge < -0.3 is 9.47 Å². The van der Waals surface area contributed by atoms with Gasteiger partial charge in [-0.3, -0.25) is 4.79 Å². The van der Waals surface area contributed by atoms with E-state index in [1.165, 1.54) is 23.9 Å². The Labute approximate surface area is 151 Å². The predicted octanol–water partition coefficient (Wildman–Crippen LogP) is 1.81. The lowest BCUT2D eigenvalue weighted by atomic mass is 10.3. The molecule has 1 aromatic heterocycles. The smallest absolute Gasteiger partial charge is 0.238 e.